The lowest BCUT2D eigenvalue weighted by Crippen LogP contribution is -1.93. The first-order valence-corrected chi connectivity index (χ1v) is 6.42. The summed E-state index contributed by atoms with van der Waals surface area (Å²) in [5.74, 6) is 0.198. The van der Waals surface area contributed by atoms with Crippen LogP contribution in [0.4, 0.5) is 15.8 Å². The van der Waals surface area contributed by atoms with Crippen LogP contribution in [0.1, 0.15) is 0 Å². The predicted octanol–water partition coefficient (Wildman–Crippen LogP) is 3.86. The minimum absolute atomic E-state index is 0.148. The van der Waals surface area contributed by atoms with Gasteiger partial charge in [-0.15, -0.1) is 0 Å². The monoisotopic (exact) mass is 294 g/mol. The number of nitrogens with one attached hydrogen (secondary N) is 1. The molecule has 2 rings (SSSR count). The Morgan fingerprint density at radius 1 is 1.25 bits per heavy atom. The fraction of sp³-hybridized carbons (Fsp3) is 0.0769. The summed E-state index contributed by atoms with van der Waals surface area (Å²) in [5, 5.41) is 10.6. The lowest BCUT2D eigenvalue weighted by molar-refractivity contribution is -0.385. The third-order valence-corrected chi connectivity index (χ3v) is 3.36. The number of hydrogen-bond donors (Lipinski definition) is 1. The van der Waals surface area contributed by atoms with Gasteiger partial charge < -0.3 is 9.46 Å². The number of nitrogens with zero attached hydrogens (tertiary/aromatic N) is 1. The highest BCUT2D eigenvalue weighted by atomic mass is 32.2. The van der Waals surface area contributed by atoms with E-state index in [-0.39, 0.29) is 10.6 Å². The Bertz CT molecular complexity index is 620. The van der Waals surface area contributed by atoms with Gasteiger partial charge in [-0.25, -0.2) is 4.39 Å². The Morgan fingerprint density at radius 2 is 1.95 bits per heavy atom. The van der Waals surface area contributed by atoms with Gasteiger partial charge in [0.2, 0.25) is 0 Å². The number of methoxy groups -OCH3 is 1. The smallest absolute Gasteiger partial charge is 0.270 e. The number of halogens is 1. The van der Waals surface area contributed by atoms with E-state index < -0.39 is 10.7 Å². The van der Waals surface area contributed by atoms with Crippen molar-refractivity contribution in [2.75, 3.05) is 11.8 Å². The van der Waals surface area contributed by atoms with Crippen LogP contribution >= 0.6 is 11.9 Å². The zero-order chi connectivity index (χ0) is 14.5. The van der Waals surface area contributed by atoms with Crippen molar-refractivity contribution in [1.29, 1.82) is 0 Å². The largest absolute Gasteiger partial charge is 0.497 e. The second-order valence-corrected chi connectivity index (χ2v) is 4.65. The van der Waals surface area contributed by atoms with Crippen molar-refractivity contribution in [2.24, 2.45) is 0 Å². The van der Waals surface area contributed by atoms with E-state index in [9.17, 15) is 14.5 Å². The summed E-state index contributed by atoms with van der Waals surface area (Å²) in [6, 6.07) is 10.4. The summed E-state index contributed by atoms with van der Waals surface area (Å²) in [5.41, 5.74) is 0.590. The molecule has 2 aromatic rings. The summed E-state index contributed by atoms with van der Waals surface area (Å²) < 4.78 is 21.5. The molecule has 5 nitrogen and oxygen atoms in total. The molecule has 0 fully saturated rings. The third kappa shape index (κ3) is 3.39. The van der Waals surface area contributed by atoms with Crippen molar-refractivity contribution in [3.05, 3.63) is 58.4 Å². The maximum atomic E-state index is 13.6. The first-order valence-electron chi connectivity index (χ1n) is 5.61. The van der Waals surface area contributed by atoms with Gasteiger partial charge in [0.15, 0.2) is 0 Å². The number of benzene rings is 2. The maximum absolute atomic E-state index is 13.6. The van der Waals surface area contributed by atoms with Crippen molar-refractivity contribution >= 4 is 23.3 Å². The van der Waals surface area contributed by atoms with Gasteiger partial charge in [-0.2, -0.15) is 0 Å². The maximum Gasteiger partial charge on any atom is 0.270 e. The zero-order valence-corrected chi connectivity index (χ0v) is 11.3. The third-order valence-electron chi connectivity index (χ3n) is 2.49. The quantitative estimate of drug-likeness (QED) is 0.515. The summed E-state index contributed by atoms with van der Waals surface area (Å²) in [7, 11) is 1.57. The normalized spacial score (nSPS) is 10.1. The summed E-state index contributed by atoms with van der Waals surface area (Å²) in [4.78, 5) is 10.3. The van der Waals surface area contributed by atoms with Gasteiger partial charge in [-0.1, -0.05) is 0 Å². The molecule has 0 bridgehead atoms. The molecular weight excluding hydrogens is 283 g/mol. The van der Waals surface area contributed by atoms with Gasteiger partial charge >= 0.3 is 0 Å². The number of non-ortho nitro benzene ring substituents is 1. The molecule has 0 spiro atoms. The molecule has 0 saturated heterocycles. The van der Waals surface area contributed by atoms with E-state index in [1.807, 2.05) is 0 Å². The van der Waals surface area contributed by atoms with Gasteiger partial charge in [0.1, 0.15) is 11.6 Å². The van der Waals surface area contributed by atoms with Crippen LogP contribution in [0.3, 0.4) is 0 Å². The Labute approximate surface area is 119 Å². The van der Waals surface area contributed by atoms with E-state index in [1.54, 1.807) is 31.4 Å². The predicted molar refractivity (Wildman–Crippen MR) is 75.5 cm³/mol. The van der Waals surface area contributed by atoms with Crippen molar-refractivity contribution in [2.45, 2.75) is 4.90 Å². The molecule has 0 unspecified atom stereocenters. The zero-order valence-electron chi connectivity index (χ0n) is 10.5. The first-order chi connectivity index (χ1) is 9.60. The second-order valence-electron chi connectivity index (χ2n) is 3.80. The topological polar surface area (TPSA) is 64.4 Å². The molecule has 0 amide bonds. The Balaban J connectivity index is 2.09. The van der Waals surface area contributed by atoms with Crippen LogP contribution in [-0.4, -0.2) is 12.0 Å². The van der Waals surface area contributed by atoms with Gasteiger partial charge in [-0.3, -0.25) is 10.1 Å². The fourth-order valence-corrected chi connectivity index (χ4v) is 2.17. The van der Waals surface area contributed by atoms with E-state index in [1.165, 1.54) is 6.07 Å². The molecule has 0 aliphatic carbocycles. The summed E-state index contributed by atoms with van der Waals surface area (Å²) in [6.45, 7) is 0. The van der Waals surface area contributed by atoms with E-state index in [2.05, 4.69) is 4.72 Å². The SMILES string of the molecule is COc1ccc(NSc2cc([N+](=O)[O-])ccc2F)cc1. The second kappa shape index (κ2) is 6.25. The van der Waals surface area contributed by atoms with Crippen molar-refractivity contribution in [3.63, 3.8) is 0 Å². The number of ether oxygens (including phenoxy) is 1. The van der Waals surface area contributed by atoms with E-state index in [4.69, 9.17) is 4.74 Å². The molecule has 20 heavy (non-hydrogen) atoms. The average molecular weight is 294 g/mol. The summed E-state index contributed by atoms with van der Waals surface area (Å²) in [6.07, 6.45) is 0. The molecule has 0 radical (unpaired) electrons. The standard InChI is InChI=1S/C13H11FN2O3S/c1-19-11-5-2-9(3-6-11)15-20-13-8-10(16(17)18)4-7-12(13)14/h2-8,15H,1H3. The summed E-state index contributed by atoms with van der Waals surface area (Å²) >= 11 is 0.975. The van der Waals surface area contributed by atoms with E-state index >= 15 is 0 Å². The Hall–Kier alpha value is -2.28. The van der Waals surface area contributed by atoms with Crippen LogP contribution < -0.4 is 9.46 Å². The number of anilines is 1. The molecule has 0 aromatic heterocycles. The Morgan fingerprint density at radius 3 is 2.55 bits per heavy atom. The van der Waals surface area contributed by atoms with Crippen LogP contribution in [0.5, 0.6) is 5.75 Å². The molecule has 7 heteroatoms. The highest BCUT2D eigenvalue weighted by Crippen LogP contribution is 2.28. The first kappa shape index (κ1) is 14.1. The lowest BCUT2D eigenvalue weighted by atomic mass is 10.3. The van der Waals surface area contributed by atoms with Gasteiger partial charge in [-0.05, 0) is 42.3 Å². The number of nitro groups is 1. The molecule has 2 aromatic carbocycles. The highest BCUT2D eigenvalue weighted by Gasteiger charge is 2.11. The van der Waals surface area contributed by atoms with Crippen LogP contribution in [0.2, 0.25) is 0 Å². The van der Waals surface area contributed by atoms with Gasteiger partial charge in [0, 0.05) is 17.8 Å². The molecular formula is C13H11FN2O3S. The molecule has 0 heterocycles. The molecule has 0 atom stereocenters. The van der Waals surface area contributed by atoms with Crippen molar-refractivity contribution in [3.8, 4) is 5.75 Å². The minimum atomic E-state index is -0.559. The molecule has 104 valence electrons. The van der Waals surface area contributed by atoms with Crippen LogP contribution in [0.15, 0.2) is 47.4 Å². The average Bonchev–Trinajstić information content (AvgIpc) is 2.46. The van der Waals surface area contributed by atoms with Crippen LogP contribution in [0, 0.1) is 15.9 Å². The van der Waals surface area contributed by atoms with Gasteiger partial charge in [0.25, 0.3) is 5.69 Å². The molecule has 1 N–H and O–H groups in total. The molecule has 0 aliphatic rings. The van der Waals surface area contributed by atoms with Crippen molar-refractivity contribution in [1.82, 2.24) is 0 Å². The van der Waals surface area contributed by atoms with Crippen LogP contribution in [-0.2, 0) is 0 Å². The minimum Gasteiger partial charge on any atom is -0.497 e. The molecule has 0 saturated carbocycles. The highest BCUT2D eigenvalue weighted by molar-refractivity contribution is 8.00. The van der Waals surface area contributed by atoms with Crippen molar-refractivity contribution < 1.29 is 14.1 Å². The molecule has 0 aliphatic heterocycles. The number of nitro benzene ring substituents is 1. The Kier molecular flexibility index (Phi) is 4.41. The van der Waals surface area contributed by atoms with Gasteiger partial charge in [0.05, 0.1) is 16.9 Å². The van der Waals surface area contributed by atoms with Crippen LogP contribution in [0.25, 0.3) is 0 Å². The van der Waals surface area contributed by atoms with E-state index in [0.717, 1.165) is 29.8 Å². The fourth-order valence-electron chi connectivity index (χ4n) is 1.46. The number of hydrogen-bond acceptors (Lipinski definition) is 5. The number of rotatable bonds is 5. The lowest BCUT2D eigenvalue weighted by Gasteiger charge is -2.07. The van der Waals surface area contributed by atoms with E-state index in [0.29, 0.717) is 5.75 Å².